The van der Waals surface area contributed by atoms with E-state index in [4.69, 9.17) is 0 Å². The van der Waals surface area contributed by atoms with Crippen LogP contribution in [0.15, 0.2) is 24.3 Å². The highest BCUT2D eigenvalue weighted by molar-refractivity contribution is 7.91. The first kappa shape index (κ1) is 16.7. The molecule has 3 rings (SSSR count). The molecule has 1 atom stereocenters. The SMILES string of the molecule is Cc1nc(Nc2ccc(C)c(C)c2)cc(NC2CCS(=O)(=O)C2)n1. The van der Waals surface area contributed by atoms with Crippen LogP contribution >= 0.6 is 0 Å². The van der Waals surface area contributed by atoms with Gasteiger partial charge in [-0.3, -0.25) is 0 Å². The van der Waals surface area contributed by atoms with Gasteiger partial charge in [-0.25, -0.2) is 18.4 Å². The third-order valence-electron chi connectivity index (χ3n) is 4.20. The maximum Gasteiger partial charge on any atom is 0.152 e. The van der Waals surface area contributed by atoms with Gasteiger partial charge < -0.3 is 10.6 Å². The Kier molecular flexibility index (Phi) is 4.45. The van der Waals surface area contributed by atoms with E-state index in [1.165, 1.54) is 11.1 Å². The fraction of sp³-hybridized carbons (Fsp3) is 0.412. The van der Waals surface area contributed by atoms with Gasteiger partial charge in [-0.1, -0.05) is 6.07 Å². The lowest BCUT2D eigenvalue weighted by molar-refractivity contribution is 0.602. The molecule has 0 spiro atoms. The highest BCUT2D eigenvalue weighted by Gasteiger charge is 2.28. The van der Waals surface area contributed by atoms with E-state index in [2.05, 4.69) is 46.6 Å². The Labute approximate surface area is 142 Å². The molecule has 128 valence electrons. The monoisotopic (exact) mass is 346 g/mol. The number of rotatable bonds is 4. The predicted molar refractivity (Wildman–Crippen MR) is 96.6 cm³/mol. The molecule has 1 aromatic heterocycles. The molecule has 1 aromatic carbocycles. The molecule has 0 aliphatic carbocycles. The highest BCUT2D eigenvalue weighted by atomic mass is 32.2. The van der Waals surface area contributed by atoms with Gasteiger partial charge in [-0.2, -0.15) is 0 Å². The molecule has 1 saturated heterocycles. The molecule has 1 aliphatic heterocycles. The first-order valence-electron chi connectivity index (χ1n) is 7.98. The molecule has 6 nitrogen and oxygen atoms in total. The standard InChI is InChI=1S/C17H22N4O2S/c1-11-4-5-14(8-12(11)2)20-16-9-17(19-13(3)18-16)21-15-6-7-24(22,23)10-15/h4-5,8-9,15H,6-7,10H2,1-3H3,(H2,18,19,20,21). The van der Waals surface area contributed by atoms with E-state index in [1.54, 1.807) is 0 Å². The minimum atomic E-state index is -2.91. The number of nitrogens with zero attached hydrogens (tertiary/aromatic N) is 2. The second kappa shape index (κ2) is 6.39. The van der Waals surface area contributed by atoms with Crippen molar-refractivity contribution in [2.45, 2.75) is 33.2 Å². The minimum absolute atomic E-state index is 0.0845. The number of aryl methyl sites for hydroxylation is 3. The van der Waals surface area contributed by atoms with E-state index in [0.29, 0.717) is 23.9 Å². The Morgan fingerprint density at radius 3 is 2.46 bits per heavy atom. The summed E-state index contributed by atoms with van der Waals surface area (Å²) >= 11 is 0. The van der Waals surface area contributed by atoms with Crippen molar-refractivity contribution in [3.63, 3.8) is 0 Å². The van der Waals surface area contributed by atoms with Crippen molar-refractivity contribution in [1.29, 1.82) is 0 Å². The number of benzene rings is 1. The molecule has 2 heterocycles. The normalized spacial score (nSPS) is 19.2. The maximum atomic E-state index is 11.6. The van der Waals surface area contributed by atoms with Gasteiger partial charge in [0.25, 0.3) is 0 Å². The van der Waals surface area contributed by atoms with E-state index in [9.17, 15) is 8.42 Å². The number of nitrogens with one attached hydrogen (secondary N) is 2. The van der Waals surface area contributed by atoms with Gasteiger partial charge in [0.15, 0.2) is 9.84 Å². The summed E-state index contributed by atoms with van der Waals surface area (Å²) in [6.45, 7) is 5.97. The molecule has 0 amide bonds. The van der Waals surface area contributed by atoms with E-state index < -0.39 is 9.84 Å². The molecule has 1 unspecified atom stereocenters. The number of hydrogen-bond donors (Lipinski definition) is 2. The van der Waals surface area contributed by atoms with Crippen molar-refractivity contribution in [1.82, 2.24) is 9.97 Å². The van der Waals surface area contributed by atoms with Crippen molar-refractivity contribution in [3.05, 3.63) is 41.2 Å². The molecule has 0 saturated carbocycles. The van der Waals surface area contributed by atoms with E-state index in [1.807, 2.05) is 19.1 Å². The van der Waals surface area contributed by atoms with Gasteiger partial charge in [-0.15, -0.1) is 0 Å². The van der Waals surface area contributed by atoms with Gasteiger partial charge in [0.05, 0.1) is 11.5 Å². The molecular weight excluding hydrogens is 324 g/mol. The zero-order valence-corrected chi connectivity index (χ0v) is 14.9. The van der Waals surface area contributed by atoms with Crippen LogP contribution in [0.5, 0.6) is 0 Å². The lowest BCUT2D eigenvalue weighted by Gasteiger charge is -2.14. The van der Waals surface area contributed by atoms with Gasteiger partial charge in [-0.05, 0) is 50.5 Å². The van der Waals surface area contributed by atoms with Gasteiger partial charge in [0, 0.05) is 17.8 Å². The van der Waals surface area contributed by atoms with Gasteiger partial charge >= 0.3 is 0 Å². The molecule has 1 aliphatic rings. The van der Waals surface area contributed by atoms with Crippen LogP contribution in [0.25, 0.3) is 0 Å². The Morgan fingerprint density at radius 2 is 1.79 bits per heavy atom. The summed E-state index contributed by atoms with van der Waals surface area (Å²) in [6.07, 6.45) is 0.616. The second-order valence-electron chi connectivity index (χ2n) is 6.35. The van der Waals surface area contributed by atoms with Crippen molar-refractivity contribution in [2.75, 3.05) is 22.1 Å². The average Bonchev–Trinajstić information content (AvgIpc) is 2.81. The summed E-state index contributed by atoms with van der Waals surface area (Å²) < 4.78 is 23.2. The highest BCUT2D eigenvalue weighted by Crippen LogP contribution is 2.22. The Bertz CT molecular complexity index is 865. The smallest absolute Gasteiger partial charge is 0.152 e. The van der Waals surface area contributed by atoms with E-state index in [-0.39, 0.29) is 17.5 Å². The minimum Gasteiger partial charge on any atom is -0.366 e. The molecule has 1 fully saturated rings. The average molecular weight is 346 g/mol. The van der Waals surface area contributed by atoms with Crippen molar-refractivity contribution in [2.24, 2.45) is 0 Å². The molecule has 2 N–H and O–H groups in total. The quantitative estimate of drug-likeness (QED) is 0.885. The maximum absolute atomic E-state index is 11.6. The fourth-order valence-electron chi connectivity index (χ4n) is 2.79. The van der Waals surface area contributed by atoms with Crippen LogP contribution in [-0.2, 0) is 9.84 Å². The molecule has 7 heteroatoms. The fourth-order valence-corrected chi connectivity index (χ4v) is 4.46. The van der Waals surface area contributed by atoms with E-state index >= 15 is 0 Å². The summed E-state index contributed by atoms with van der Waals surface area (Å²) in [5, 5.41) is 6.50. The molecule has 24 heavy (non-hydrogen) atoms. The van der Waals surface area contributed by atoms with Gasteiger partial charge in [0.2, 0.25) is 0 Å². The van der Waals surface area contributed by atoms with Gasteiger partial charge in [0.1, 0.15) is 17.5 Å². The lowest BCUT2D eigenvalue weighted by Crippen LogP contribution is -2.21. The zero-order valence-electron chi connectivity index (χ0n) is 14.1. The Balaban J connectivity index is 1.77. The summed E-state index contributed by atoms with van der Waals surface area (Å²) in [5.74, 6) is 2.37. The van der Waals surface area contributed by atoms with Crippen LogP contribution in [0.1, 0.15) is 23.4 Å². The van der Waals surface area contributed by atoms with Crippen LogP contribution in [0, 0.1) is 20.8 Å². The van der Waals surface area contributed by atoms with Crippen LogP contribution in [0.3, 0.4) is 0 Å². The summed E-state index contributed by atoms with van der Waals surface area (Å²) in [5.41, 5.74) is 3.41. The van der Waals surface area contributed by atoms with Crippen molar-refractivity contribution in [3.8, 4) is 0 Å². The van der Waals surface area contributed by atoms with Crippen LogP contribution in [-0.4, -0.2) is 35.9 Å². The number of anilines is 3. The molecule has 0 radical (unpaired) electrons. The predicted octanol–water partition coefficient (Wildman–Crippen LogP) is 2.74. The number of hydrogen-bond acceptors (Lipinski definition) is 6. The van der Waals surface area contributed by atoms with Crippen LogP contribution in [0.4, 0.5) is 17.3 Å². The van der Waals surface area contributed by atoms with Crippen molar-refractivity contribution < 1.29 is 8.42 Å². The first-order chi connectivity index (χ1) is 11.3. The Morgan fingerprint density at radius 1 is 1.04 bits per heavy atom. The summed E-state index contributed by atoms with van der Waals surface area (Å²) in [7, 11) is -2.91. The Hall–Kier alpha value is -2.15. The second-order valence-corrected chi connectivity index (χ2v) is 8.58. The lowest BCUT2D eigenvalue weighted by atomic mass is 10.1. The third-order valence-corrected chi connectivity index (χ3v) is 5.97. The topological polar surface area (TPSA) is 84.0 Å². The van der Waals surface area contributed by atoms with Crippen LogP contribution in [0.2, 0.25) is 0 Å². The number of aromatic nitrogens is 2. The van der Waals surface area contributed by atoms with Crippen LogP contribution < -0.4 is 10.6 Å². The zero-order chi connectivity index (χ0) is 17.3. The summed E-state index contributed by atoms with van der Waals surface area (Å²) in [4.78, 5) is 8.77. The van der Waals surface area contributed by atoms with Crippen molar-refractivity contribution >= 4 is 27.2 Å². The molecular formula is C17H22N4O2S. The first-order valence-corrected chi connectivity index (χ1v) is 9.80. The van der Waals surface area contributed by atoms with E-state index in [0.717, 1.165) is 5.69 Å². The molecule has 2 aromatic rings. The largest absolute Gasteiger partial charge is 0.366 e. The summed E-state index contributed by atoms with van der Waals surface area (Å²) in [6, 6.07) is 7.88. The number of sulfone groups is 1. The molecule has 0 bridgehead atoms. The third kappa shape index (κ3) is 4.03.